The third-order valence-corrected chi connectivity index (χ3v) is 6.16. The Balaban J connectivity index is 1.30. The van der Waals surface area contributed by atoms with Crippen molar-refractivity contribution >= 4 is 22.8 Å². The molecule has 3 heterocycles. The quantitative estimate of drug-likeness (QED) is 0.815. The number of carbonyl (C=O) groups is 2. The predicted molar refractivity (Wildman–Crippen MR) is 106 cm³/mol. The summed E-state index contributed by atoms with van der Waals surface area (Å²) in [6.45, 7) is 0.615. The number of nitriles is 1. The van der Waals surface area contributed by atoms with Crippen LogP contribution in [0.3, 0.4) is 0 Å². The highest BCUT2D eigenvalue weighted by atomic mass is 16.3. The normalized spacial score (nSPS) is 25.5. The molecule has 2 aliphatic rings. The summed E-state index contributed by atoms with van der Waals surface area (Å²) in [6, 6.07) is 4.84. The molecule has 8 nitrogen and oxygen atoms in total. The molecule has 2 amide bonds. The van der Waals surface area contributed by atoms with Crippen LogP contribution < -0.4 is 11.1 Å². The van der Waals surface area contributed by atoms with Crippen molar-refractivity contribution in [2.24, 2.45) is 11.7 Å². The van der Waals surface area contributed by atoms with Crippen LogP contribution in [-0.2, 0) is 4.79 Å². The first-order valence-corrected chi connectivity index (χ1v) is 10.2. The number of nitrogens with zero attached hydrogens (tertiary/aromatic N) is 3. The summed E-state index contributed by atoms with van der Waals surface area (Å²) in [7, 11) is 0. The van der Waals surface area contributed by atoms with Crippen LogP contribution in [0.2, 0.25) is 0 Å². The van der Waals surface area contributed by atoms with Gasteiger partial charge in [0, 0.05) is 18.0 Å². The van der Waals surface area contributed by atoms with Crippen molar-refractivity contribution in [3.63, 3.8) is 0 Å². The molecule has 0 radical (unpaired) electrons. The largest absolute Gasteiger partial charge is 0.463 e. The predicted octanol–water partition coefficient (Wildman–Crippen LogP) is 1.96. The van der Waals surface area contributed by atoms with Gasteiger partial charge in [-0.05, 0) is 56.6 Å². The average Bonchev–Trinajstić information content (AvgIpc) is 3.41. The number of nitrogens with two attached hydrogens (primary N) is 1. The van der Waals surface area contributed by atoms with E-state index in [2.05, 4.69) is 16.4 Å². The lowest BCUT2D eigenvalue weighted by molar-refractivity contribution is -0.134. The first kappa shape index (κ1) is 19.4. The summed E-state index contributed by atoms with van der Waals surface area (Å²) in [5, 5.41) is 13.1. The summed E-state index contributed by atoms with van der Waals surface area (Å²) >= 11 is 0. The molecule has 0 aromatic carbocycles. The minimum absolute atomic E-state index is 0.0431. The molecule has 1 unspecified atom stereocenters. The zero-order chi connectivity index (χ0) is 20.4. The van der Waals surface area contributed by atoms with Crippen molar-refractivity contribution in [3.8, 4) is 6.07 Å². The third-order valence-electron chi connectivity index (χ3n) is 6.16. The molecule has 2 aromatic rings. The van der Waals surface area contributed by atoms with Crippen LogP contribution in [0.15, 0.2) is 29.0 Å². The van der Waals surface area contributed by atoms with Crippen molar-refractivity contribution < 1.29 is 14.0 Å². The van der Waals surface area contributed by atoms with Gasteiger partial charge in [-0.25, -0.2) is 4.98 Å². The molecule has 1 aliphatic heterocycles. The molecule has 1 aliphatic carbocycles. The van der Waals surface area contributed by atoms with Crippen LogP contribution in [0, 0.1) is 17.2 Å². The fraction of sp³-hybridized carbons (Fsp3) is 0.524. The number of nitrogens with one attached hydrogen (secondary N) is 1. The highest BCUT2D eigenvalue weighted by Gasteiger charge is 2.36. The molecule has 2 aromatic heterocycles. The Bertz CT molecular complexity index is 941. The van der Waals surface area contributed by atoms with Crippen LogP contribution >= 0.6 is 0 Å². The van der Waals surface area contributed by atoms with Gasteiger partial charge in [0.15, 0.2) is 5.58 Å². The van der Waals surface area contributed by atoms with E-state index >= 15 is 0 Å². The molecule has 2 fully saturated rings. The maximum Gasteiger partial charge on any atom is 0.270 e. The monoisotopic (exact) mass is 395 g/mol. The topological polar surface area (TPSA) is 125 Å². The number of aromatic nitrogens is 1. The Hall–Kier alpha value is -2.92. The standard InChI is InChI=1S/C21H25N5O3/c22-11-16-2-1-8-26(16)21(28)19(23)13-3-5-15(6-4-13)25-20(27)17-10-14-7-9-29-18(14)12-24-17/h7,9-10,12-13,15-16,19H,1-6,8,23H2,(H,25,27)/t13?,15?,16?,19-/m0/s1. The lowest BCUT2D eigenvalue weighted by Crippen LogP contribution is -2.50. The Morgan fingerprint density at radius 2 is 2.10 bits per heavy atom. The highest BCUT2D eigenvalue weighted by Crippen LogP contribution is 2.29. The molecule has 1 saturated carbocycles. The molecule has 0 bridgehead atoms. The van der Waals surface area contributed by atoms with E-state index in [1.54, 1.807) is 29.5 Å². The molecular weight excluding hydrogens is 370 g/mol. The number of likely N-dealkylation sites (tertiary alicyclic amines) is 1. The first-order valence-electron chi connectivity index (χ1n) is 10.2. The van der Waals surface area contributed by atoms with Crippen LogP contribution in [0.5, 0.6) is 0 Å². The van der Waals surface area contributed by atoms with Gasteiger partial charge >= 0.3 is 0 Å². The molecular formula is C21H25N5O3. The van der Waals surface area contributed by atoms with Crippen molar-refractivity contribution in [2.45, 2.75) is 56.7 Å². The third kappa shape index (κ3) is 3.96. The van der Waals surface area contributed by atoms with E-state index < -0.39 is 6.04 Å². The van der Waals surface area contributed by atoms with Gasteiger partial charge in [-0.1, -0.05) is 0 Å². The van der Waals surface area contributed by atoms with Gasteiger partial charge in [-0.2, -0.15) is 5.26 Å². The smallest absolute Gasteiger partial charge is 0.270 e. The van der Waals surface area contributed by atoms with Crippen molar-refractivity contribution in [1.29, 1.82) is 5.26 Å². The summed E-state index contributed by atoms with van der Waals surface area (Å²) in [5.41, 5.74) is 7.28. The van der Waals surface area contributed by atoms with Crippen molar-refractivity contribution in [1.82, 2.24) is 15.2 Å². The van der Waals surface area contributed by atoms with Gasteiger partial charge in [-0.15, -0.1) is 0 Å². The second-order valence-corrected chi connectivity index (χ2v) is 7.96. The number of fused-ring (bicyclic) bond motifs is 1. The summed E-state index contributed by atoms with van der Waals surface area (Å²) in [4.78, 5) is 31.0. The van der Waals surface area contributed by atoms with E-state index in [9.17, 15) is 14.9 Å². The highest BCUT2D eigenvalue weighted by molar-refractivity contribution is 5.95. The zero-order valence-corrected chi connectivity index (χ0v) is 16.2. The Morgan fingerprint density at radius 1 is 1.31 bits per heavy atom. The maximum absolute atomic E-state index is 12.7. The van der Waals surface area contributed by atoms with Gasteiger partial charge in [0.05, 0.1) is 24.6 Å². The summed E-state index contributed by atoms with van der Waals surface area (Å²) in [5.74, 6) is -0.235. The number of pyridine rings is 1. The van der Waals surface area contributed by atoms with Crippen molar-refractivity contribution in [2.75, 3.05) is 6.54 Å². The number of furan rings is 1. The van der Waals surface area contributed by atoms with E-state index in [1.807, 2.05) is 0 Å². The van der Waals surface area contributed by atoms with E-state index in [0.717, 1.165) is 43.9 Å². The van der Waals surface area contributed by atoms with Crippen LogP contribution in [0.25, 0.3) is 11.0 Å². The minimum atomic E-state index is -0.578. The molecule has 1 saturated heterocycles. The zero-order valence-electron chi connectivity index (χ0n) is 16.2. The van der Waals surface area contributed by atoms with Crippen LogP contribution in [0.1, 0.15) is 49.0 Å². The van der Waals surface area contributed by atoms with Gasteiger partial charge < -0.3 is 20.4 Å². The maximum atomic E-state index is 12.7. The molecule has 152 valence electrons. The number of hydrogen-bond donors (Lipinski definition) is 2. The number of carbonyl (C=O) groups excluding carboxylic acids is 2. The lowest BCUT2D eigenvalue weighted by atomic mass is 9.81. The fourth-order valence-electron chi connectivity index (χ4n) is 4.43. The van der Waals surface area contributed by atoms with Crippen LogP contribution in [0.4, 0.5) is 0 Å². The summed E-state index contributed by atoms with van der Waals surface area (Å²) in [6.07, 6.45) is 7.80. The fourth-order valence-corrected chi connectivity index (χ4v) is 4.43. The van der Waals surface area contributed by atoms with E-state index in [1.165, 1.54) is 0 Å². The molecule has 8 heteroatoms. The van der Waals surface area contributed by atoms with E-state index in [0.29, 0.717) is 17.8 Å². The van der Waals surface area contributed by atoms with Crippen molar-refractivity contribution in [3.05, 3.63) is 30.3 Å². The summed E-state index contributed by atoms with van der Waals surface area (Å²) < 4.78 is 5.25. The SMILES string of the molecule is N#CC1CCCN1C(=O)[C@@H](N)C1CCC(NC(=O)c2cc3ccoc3cn2)CC1. The average molecular weight is 395 g/mol. The van der Waals surface area contributed by atoms with Gasteiger partial charge in [-0.3, -0.25) is 9.59 Å². The number of amides is 2. The van der Waals surface area contributed by atoms with Crippen LogP contribution in [-0.4, -0.2) is 46.4 Å². The molecule has 0 spiro atoms. The molecule has 29 heavy (non-hydrogen) atoms. The van der Waals surface area contributed by atoms with Gasteiger partial charge in [0.1, 0.15) is 11.7 Å². The second-order valence-electron chi connectivity index (χ2n) is 7.96. The Kier molecular flexibility index (Phi) is 5.49. The second kappa shape index (κ2) is 8.21. The first-order chi connectivity index (χ1) is 14.1. The van der Waals surface area contributed by atoms with Gasteiger partial charge in [0.2, 0.25) is 5.91 Å². The number of hydrogen-bond acceptors (Lipinski definition) is 6. The molecule has 4 rings (SSSR count). The molecule has 2 atom stereocenters. The number of rotatable bonds is 4. The lowest BCUT2D eigenvalue weighted by Gasteiger charge is -2.34. The Morgan fingerprint density at radius 3 is 2.86 bits per heavy atom. The van der Waals surface area contributed by atoms with Gasteiger partial charge in [0.25, 0.3) is 5.91 Å². The Labute approximate surface area is 169 Å². The molecule has 3 N–H and O–H groups in total. The minimum Gasteiger partial charge on any atom is -0.463 e. The van der Waals surface area contributed by atoms with E-state index in [4.69, 9.17) is 10.2 Å². The van der Waals surface area contributed by atoms with E-state index in [-0.39, 0.29) is 29.8 Å².